The summed E-state index contributed by atoms with van der Waals surface area (Å²) in [4.78, 5) is 13.6. The third-order valence-electron chi connectivity index (χ3n) is 4.71. The fourth-order valence-electron chi connectivity index (χ4n) is 3.47. The average molecular weight is 345 g/mol. The van der Waals surface area contributed by atoms with Crippen molar-refractivity contribution >= 4 is 5.97 Å². The molecule has 1 saturated heterocycles. The second kappa shape index (κ2) is 7.61. The molecule has 3 rings (SSSR count). The number of ether oxygens (including phenoxy) is 2. The van der Waals surface area contributed by atoms with Gasteiger partial charge in [0.1, 0.15) is 17.3 Å². The number of carboxylic acid groups (broad SMARTS) is 1. The van der Waals surface area contributed by atoms with Gasteiger partial charge in [0.2, 0.25) is 0 Å². The highest BCUT2D eigenvalue weighted by molar-refractivity contribution is 5.70. The third kappa shape index (κ3) is 3.64. The number of benzene rings is 1. The highest BCUT2D eigenvalue weighted by Crippen LogP contribution is 2.39. The molecule has 2 atom stereocenters. The minimum atomic E-state index is -0.750. The van der Waals surface area contributed by atoms with Gasteiger partial charge in [0.25, 0.3) is 0 Å². The minimum absolute atomic E-state index is 0.220. The summed E-state index contributed by atoms with van der Waals surface area (Å²) in [6, 6.07) is 9.17. The third-order valence-corrected chi connectivity index (χ3v) is 4.71. The molecule has 0 radical (unpaired) electrons. The first kappa shape index (κ1) is 17.4. The van der Waals surface area contributed by atoms with Gasteiger partial charge in [-0.25, -0.2) is 0 Å². The van der Waals surface area contributed by atoms with Crippen molar-refractivity contribution in [3.63, 3.8) is 0 Å². The summed E-state index contributed by atoms with van der Waals surface area (Å²) in [5.74, 6) is 1.08. The molecule has 0 amide bonds. The van der Waals surface area contributed by atoms with Crippen LogP contribution in [0.25, 0.3) is 0 Å². The Kier molecular flexibility index (Phi) is 5.28. The lowest BCUT2D eigenvalue weighted by molar-refractivity contribution is -0.143. The minimum Gasteiger partial charge on any atom is -0.497 e. The van der Waals surface area contributed by atoms with Gasteiger partial charge in [0.15, 0.2) is 0 Å². The van der Waals surface area contributed by atoms with E-state index in [1.54, 1.807) is 20.5 Å². The Bertz CT molecular complexity index is 713. The molecule has 1 N–H and O–H groups in total. The lowest BCUT2D eigenvalue weighted by Gasteiger charge is -2.36. The molecule has 1 aromatic heterocycles. The Morgan fingerprint density at radius 1 is 1.32 bits per heavy atom. The van der Waals surface area contributed by atoms with Gasteiger partial charge in [-0.3, -0.25) is 9.69 Å². The molecule has 6 nitrogen and oxygen atoms in total. The van der Waals surface area contributed by atoms with Crippen LogP contribution in [0.1, 0.15) is 30.2 Å². The van der Waals surface area contributed by atoms with E-state index in [-0.39, 0.29) is 12.0 Å². The summed E-state index contributed by atoms with van der Waals surface area (Å²) in [6.07, 6.45) is 3.17. The summed E-state index contributed by atoms with van der Waals surface area (Å²) in [5, 5.41) is 9.43. The zero-order valence-corrected chi connectivity index (χ0v) is 14.5. The summed E-state index contributed by atoms with van der Waals surface area (Å²) in [6.45, 7) is 1.27. The van der Waals surface area contributed by atoms with E-state index in [4.69, 9.17) is 13.9 Å². The number of nitrogens with zero attached hydrogens (tertiary/aromatic N) is 1. The number of carboxylic acids is 1. The highest BCUT2D eigenvalue weighted by atomic mass is 16.5. The Balaban J connectivity index is 2.03. The predicted octanol–water partition coefficient (Wildman–Crippen LogP) is 3.18. The quantitative estimate of drug-likeness (QED) is 0.867. The fraction of sp³-hybridized carbons (Fsp3) is 0.421. The molecule has 1 fully saturated rings. The van der Waals surface area contributed by atoms with E-state index in [1.807, 2.05) is 30.3 Å². The number of furan rings is 1. The van der Waals surface area contributed by atoms with E-state index in [2.05, 4.69) is 4.90 Å². The van der Waals surface area contributed by atoms with Crippen LogP contribution < -0.4 is 9.47 Å². The number of piperidine rings is 1. The van der Waals surface area contributed by atoms with E-state index in [9.17, 15) is 9.90 Å². The molecule has 2 heterocycles. The van der Waals surface area contributed by atoms with Gasteiger partial charge in [-0.1, -0.05) is 0 Å². The van der Waals surface area contributed by atoms with Gasteiger partial charge >= 0.3 is 5.97 Å². The standard InChI is InChI=1S/C19H23NO5/c1-23-14-7-8-16(24-2)15(11-14)18(17-6-4-10-25-17)20-9-3-5-13(12-20)19(21)22/h4,6-8,10-11,13,18H,3,5,9,12H2,1-2H3,(H,21,22). The topological polar surface area (TPSA) is 72.1 Å². The van der Waals surface area contributed by atoms with E-state index in [1.165, 1.54) is 0 Å². The summed E-state index contributed by atoms with van der Waals surface area (Å²) < 4.78 is 16.6. The van der Waals surface area contributed by atoms with Crippen molar-refractivity contribution in [3.05, 3.63) is 47.9 Å². The highest BCUT2D eigenvalue weighted by Gasteiger charge is 2.34. The first-order valence-electron chi connectivity index (χ1n) is 8.36. The zero-order chi connectivity index (χ0) is 17.8. The van der Waals surface area contributed by atoms with Crippen molar-refractivity contribution in [2.45, 2.75) is 18.9 Å². The molecule has 1 aliphatic rings. The van der Waals surface area contributed by atoms with Crippen LogP contribution in [0.2, 0.25) is 0 Å². The van der Waals surface area contributed by atoms with Crippen molar-refractivity contribution in [1.82, 2.24) is 4.90 Å². The number of carbonyl (C=O) groups is 1. The van der Waals surface area contributed by atoms with Crippen molar-refractivity contribution in [2.24, 2.45) is 5.92 Å². The van der Waals surface area contributed by atoms with E-state index < -0.39 is 5.97 Å². The molecular formula is C19H23NO5. The summed E-state index contributed by atoms with van der Waals surface area (Å²) in [5.41, 5.74) is 0.905. The molecular weight excluding hydrogens is 322 g/mol. The first-order valence-corrected chi connectivity index (χ1v) is 8.36. The predicted molar refractivity (Wildman–Crippen MR) is 92.0 cm³/mol. The molecule has 6 heteroatoms. The fourth-order valence-corrected chi connectivity index (χ4v) is 3.47. The molecule has 0 saturated carbocycles. The average Bonchev–Trinajstić information content (AvgIpc) is 3.16. The molecule has 1 aliphatic heterocycles. The number of hydrogen-bond donors (Lipinski definition) is 1. The lowest BCUT2D eigenvalue weighted by Crippen LogP contribution is -2.41. The Hall–Kier alpha value is -2.47. The van der Waals surface area contributed by atoms with Crippen LogP contribution in [0.5, 0.6) is 11.5 Å². The van der Waals surface area contributed by atoms with Crippen LogP contribution >= 0.6 is 0 Å². The van der Waals surface area contributed by atoms with Crippen molar-refractivity contribution in [2.75, 3.05) is 27.3 Å². The second-order valence-corrected chi connectivity index (χ2v) is 6.20. The Labute approximate surface area is 147 Å². The molecule has 134 valence electrons. The number of likely N-dealkylation sites (tertiary alicyclic amines) is 1. The van der Waals surface area contributed by atoms with Crippen LogP contribution in [-0.4, -0.2) is 43.3 Å². The smallest absolute Gasteiger partial charge is 0.307 e. The van der Waals surface area contributed by atoms with Crippen molar-refractivity contribution in [3.8, 4) is 11.5 Å². The van der Waals surface area contributed by atoms with Crippen LogP contribution in [0.4, 0.5) is 0 Å². The summed E-state index contributed by atoms with van der Waals surface area (Å²) >= 11 is 0. The van der Waals surface area contributed by atoms with E-state index in [0.717, 1.165) is 35.8 Å². The van der Waals surface area contributed by atoms with Gasteiger partial charge in [-0.2, -0.15) is 0 Å². The van der Waals surface area contributed by atoms with Crippen LogP contribution in [0, 0.1) is 5.92 Å². The second-order valence-electron chi connectivity index (χ2n) is 6.20. The normalized spacial score (nSPS) is 19.4. The maximum atomic E-state index is 11.5. The molecule has 0 aliphatic carbocycles. The number of methoxy groups -OCH3 is 2. The SMILES string of the molecule is COc1ccc(OC)c(C(c2ccco2)N2CCCC(C(=O)O)C2)c1. The lowest BCUT2D eigenvalue weighted by atomic mass is 9.93. The molecule has 1 aromatic carbocycles. The van der Waals surface area contributed by atoms with Gasteiger partial charge in [0, 0.05) is 12.1 Å². The molecule has 2 aromatic rings. The maximum Gasteiger partial charge on any atom is 0.307 e. The van der Waals surface area contributed by atoms with Crippen molar-refractivity contribution in [1.29, 1.82) is 0 Å². The number of aliphatic carboxylic acids is 1. The first-order chi connectivity index (χ1) is 12.1. The number of rotatable bonds is 6. The molecule has 0 spiro atoms. The summed E-state index contributed by atoms with van der Waals surface area (Å²) in [7, 11) is 3.25. The van der Waals surface area contributed by atoms with Crippen LogP contribution in [-0.2, 0) is 4.79 Å². The monoisotopic (exact) mass is 345 g/mol. The van der Waals surface area contributed by atoms with Gasteiger partial charge < -0.3 is 19.0 Å². The van der Waals surface area contributed by atoms with Crippen LogP contribution in [0.3, 0.4) is 0 Å². The van der Waals surface area contributed by atoms with Crippen LogP contribution in [0.15, 0.2) is 41.0 Å². The Morgan fingerprint density at radius 2 is 2.16 bits per heavy atom. The van der Waals surface area contributed by atoms with Crippen molar-refractivity contribution < 1.29 is 23.8 Å². The Morgan fingerprint density at radius 3 is 2.80 bits per heavy atom. The van der Waals surface area contributed by atoms with Gasteiger partial charge in [0.05, 0.1) is 32.4 Å². The molecule has 25 heavy (non-hydrogen) atoms. The largest absolute Gasteiger partial charge is 0.497 e. The van der Waals surface area contributed by atoms with Gasteiger partial charge in [-0.15, -0.1) is 0 Å². The van der Waals surface area contributed by atoms with E-state index in [0.29, 0.717) is 13.0 Å². The number of hydrogen-bond acceptors (Lipinski definition) is 5. The zero-order valence-electron chi connectivity index (χ0n) is 14.5. The maximum absolute atomic E-state index is 11.5. The van der Waals surface area contributed by atoms with E-state index >= 15 is 0 Å². The van der Waals surface area contributed by atoms with Gasteiger partial charge in [-0.05, 0) is 49.7 Å². The molecule has 0 bridgehead atoms. The molecule has 2 unspecified atom stereocenters.